The van der Waals surface area contributed by atoms with Crippen LogP contribution in [0.2, 0.25) is 10.0 Å². The van der Waals surface area contributed by atoms with Gasteiger partial charge >= 0.3 is 0 Å². The second-order valence-corrected chi connectivity index (χ2v) is 7.30. The third-order valence-electron chi connectivity index (χ3n) is 4.46. The van der Waals surface area contributed by atoms with E-state index in [1.807, 2.05) is 12.1 Å². The van der Waals surface area contributed by atoms with Crippen LogP contribution in [0.25, 0.3) is 0 Å². The molecule has 1 atom stereocenters. The first-order valence-corrected chi connectivity index (χ1v) is 8.64. The van der Waals surface area contributed by atoms with E-state index in [4.69, 9.17) is 28.9 Å². The molecule has 2 rings (SSSR count). The first-order chi connectivity index (χ1) is 10.0. The van der Waals surface area contributed by atoms with Crippen LogP contribution in [0, 0.1) is 11.8 Å². The summed E-state index contributed by atoms with van der Waals surface area (Å²) in [6.07, 6.45) is 2.38. The van der Waals surface area contributed by atoms with E-state index in [1.54, 1.807) is 0 Å². The van der Waals surface area contributed by atoms with Gasteiger partial charge in [-0.3, -0.25) is 0 Å². The fraction of sp³-hybridized carbons (Fsp3) is 0.647. The molecule has 1 aliphatic rings. The minimum Gasteiger partial charge on any atom is -0.330 e. The number of hydrogen-bond donors (Lipinski definition) is 1. The Morgan fingerprint density at radius 1 is 1.24 bits per heavy atom. The molecule has 0 spiro atoms. The molecule has 0 aliphatic carbocycles. The van der Waals surface area contributed by atoms with Crippen molar-refractivity contribution in [1.82, 2.24) is 4.90 Å². The fourth-order valence-corrected chi connectivity index (χ4v) is 3.88. The highest BCUT2D eigenvalue weighted by molar-refractivity contribution is 6.42. The number of rotatable bonds is 5. The molecular weight excluding hydrogens is 303 g/mol. The van der Waals surface area contributed by atoms with Crippen LogP contribution in [0.3, 0.4) is 0 Å². The van der Waals surface area contributed by atoms with Crippen LogP contribution < -0.4 is 5.73 Å². The number of nitrogens with zero attached hydrogens (tertiary/aromatic N) is 1. The molecule has 2 N–H and O–H groups in total. The van der Waals surface area contributed by atoms with E-state index >= 15 is 0 Å². The number of piperidine rings is 1. The number of hydrogen-bond acceptors (Lipinski definition) is 2. The summed E-state index contributed by atoms with van der Waals surface area (Å²) in [7, 11) is 0. The van der Waals surface area contributed by atoms with Crippen molar-refractivity contribution in [3.63, 3.8) is 0 Å². The maximum atomic E-state index is 6.39. The van der Waals surface area contributed by atoms with Crippen LogP contribution in [0.15, 0.2) is 18.2 Å². The van der Waals surface area contributed by atoms with Crippen molar-refractivity contribution in [3.8, 4) is 0 Å². The highest BCUT2D eigenvalue weighted by Gasteiger charge is 2.28. The number of halogens is 2. The molecule has 0 saturated carbocycles. The molecule has 1 aromatic rings. The largest absolute Gasteiger partial charge is 0.330 e. The zero-order valence-electron chi connectivity index (χ0n) is 13.0. The summed E-state index contributed by atoms with van der Waals surface area (Å²) in [6, 6.07) is 5.89. The first-order valence-electron chi connectivity index (χ1n) is 7.89. The van der Waals surface area contributed by atoms with Crippen LogP contribution in [0.1, 0.15) is 38.2 Å². The van der Waals surface area contributed by atoms with E-state index in [0.717, 1.165) is 24.6 Å². The quantitative estimate of drug-likeness (QED) is 0.867. The van der Waals surface area contributed by atoms with Gasteiger partial charge in [0.15, 0.2) is 0 Å². The van der Waals surface area contributed by atoms with Gasteiger partial charge in [-0.15, -0.1) is 0 Å². The Bertz CT molecular complexity index is 454. The molecule has 1 aromatic carbocycles. The van der Waals surface area contributed by atoms with Crippen LogP contribution in [-0.2, 0) is 0 Å². The van der Waals surface area contributed by atoms with Gasteiger partial charge < -0.3 is 10.6 Å². The van der Waals surface area contributed by atoms with Crippen molar-refractivity contribution in [1.29, 1.82) is 0 Å². The van der Waals surface area contributed by atoms with E-state index in [2.05, 4.69) is 24.8 Å². The Labute approximate surface area is 138 Å². The Balaban J connectivity index is 2.04. The smallest absolute Gasteiger partial charge is 0.0627 e. The monoisotopic (exact) mass is 328 g/mol. The lowest BCUT2D eigenvalue weighted by atomic mass is 9.80. The maximum absolute atomic E-state index is 6.39. The highest BCUT2D eigenvalue weighted by atomic mass is 35.5. The van der Waals surface area contributed by atoms with Crippen LogP contribution in [0.4, 0.5) is 0 Å². The van der Waals surface area contributed by atoms with E-state index in [1.165, 1.54) is 19.4 Å². The molecule has 1 fully saturated rings. The maximum Gasteiger partial charge on any atom is 0.0627 e. The van der Waals surface area contributed by atoms with E-state index in [0.29, 0.717) is 28.4 Å². The van der Waals surface area contributed by atoms with Crippen molar-refractivity contribution in [2.75, 3.05) is 26.2 Å². The van der Waals surface area contributed by atoms with Crippen molar-refractivity contribution in [2.24, 2.45) is 17.6 Å². The summed E-state index contributed by atoms with van der Waals surface area (Å²) in [5.74, 6) is 1.65. The summed E-state index contributed by atoms with van der Waals surface area (Å²) in [6.45, 7) is 8.71. The third-order valence-corrected chi connectivity index (χ3v) is 5.29. The van der Waals surface area contributed by atoms with E-state index in [9.17, 15) is 0 Å². The van der Waals surface area contributed by atoms with Gasteiger partial charge in [0.05, 0.1) is 10.0 Å². The second kappa shape index (κ2) is 7.82. The Kier molecular flexibility index (Phi) is 6.36. The standard InChI is InChI=1S/C17H26Cl2N2/c1-12(2)11-21-8-6-13(7-9-21)15(10-20)14-4-3-5-16(18)17(14)19/h3-5,12-13,15H,6-11,20H2,1-2H3. The van der Waals surface area contributed by atoms with Gasteiger partial charge in [0.25, 0.3) is 0 Å². The molecule has 4 heteroatoms. The summed E-state index contributed by atoms with van der Waals surface area (Å²) < 4.78 is 0. The van der Waals surface area contributed by atoms with Crippen LogP contribution >= 0.6 is 23.2 Å². The summed E-state index contributed by atoms with van der Waals surface area (Å²) in [5.41, 5.74) is 7.17. The summed E-state index contributed by atoms with van der Waals surface area (Å²) in [4.78, 5) is 2.56. The van der Waals surface area contributed by atoms with Crippen molar-refractivity contribution in [2.45, 2.75) is 32.6 Å². The lowest BCUT2D eigenvalue weighted by Gasteiger charge is -2.37. The Morgan fingerprint density at radius 2 is 1.90 bits per heavy atom. The van der Waals surface area contributed by atoms with Crippen LogP contribution in [0.5, 0.6) is 0 Å². The van der Waals surface area contributed by atoms with Gasteiger partial charge in [-0.2, -0.15) is 0 Å². The van der Waals surface area contributed by atoms with Gasteiger partial charge in [0, 0.05) is 12.5 Å². The minimum atomic E-state index is 0.317. The van der Waals surface area contributed by atoms with Gasteiger partial charge in [-0.1, -0.05) is 49.2 Å². The van der Waals surface area contributed by atoms with Gasteiger partial charge in [-0.25, -0.2) is 0 Å². The number of nitrogens with two attached hydrogens (primary N) is 1. The second-order valence-electron chi connectivity index (χ2n) is 6.52. The molecule has 1 saturated heterocycles. The number of benzene rings is 1. The van der Waals surface area contributed by atoms with Gasteiger partial charge in [0.1, 0.15) is 0 Å². The zero-order valence-corrected chi connectivity index (χ0v) is 14.5. The SMILES string of the molecule is CC(C)CN1CCC(C(CN)c2cccc(Cl)c2Cl)CC1. The van der Waals surface area contributed by atoms with Crippen molar-refractivity contribution >= 4 is 23.2 Å². The molecule has 2 nitrogen and oxygen atoms in total. The predicted octanol–water partition coefficient (Wildman–Crippen LogP) is 4.40. The number of likely N-dealkylation sites (tertiary alicyclic amines) is 1. The normalized spacial score (nSPS) is 19.1. The molecular formula is C17H26Cl2N2. The Hall–Kier alpha value is -0.280. The van der Waals surface area contributed by atoms with Crippen LogP contribution in [-0.4, -0.2) is 31.1 Å². The fourth-order valence-electron chi connectivity index (χ4n) is 3.43. The summed E-state index contributed by atoms with van der Waals surface area (Å²) >= 11 is 12.5. The van der Waals surface area contributed by atoms with Crippen molar-refractivity contribution in [3.05, 3.63) is 33.8 Å². The summed E-state index contributed by atoms with van der Waals surface area (Å²) in [5, 5.41) is 1.31. The average Bonchev–Trinajstić information content (AvgIpc) is 2.45. The minimum absolute atomic E-state index is 0.317. The molecule has 0 amide bonds. The third kappa shape index (κ3) is 4.35. The highest BCUT2D eigenvalue weighted by Crippen LogP contribution is 2.38. The van der Waals surface area contributed by atoms with Gasteiger partial charge in [0.2, 0.25) is 0 Å². The van der Waals surface area contributed by atoms with Crippen molar-refractivity contribution < 1.29 is 0 Å². The molecule has 118 valence electrons. The zero-order chi connectivity index (χ0) is 15.4. The van der Waals surface area contributed by atoms with E-state index < -0.39 is 0 Å². The molecule has 1 unspecified atom stereocenters. The van der Waals surface area contributed by atoms with Gasteiger partial charge in [-0.05, 0) is 55.9 Å². The first kappa shape index (κ1) is 17.1. The molecule has 0 radical (unpaired) electrons. The van der Waals surface area contributed by atoms with E-state index in [-0.39, 0.29) is 0 Å². The lowest BCUT2D eigenvalue weighted by molar-refractivity contribution is 0.155. The molecule has 1 aliphatic heterocycles. The topological polar surface area (TPSA) is 29.3 Å². The molecule has 1 heterocycles. The molecule has 0 bridgehead atoms. The predicted molar refractivity (Wildman–Crippen MR) is 92.3 cm³/mol. The molecule has 21 heavy (non-hydrogen) atoms. The molecule has 0 aromatic heterocycles. The lowest BCUT2D eigenvalue weighted by Crippen LogP contribution is -2.38. The Morgan fingerprint density at radius 3 is 2.48 bits per heavy atom. The average molecular weight is 329 g/mol.